The van der Waals surface area contributed by atoms with Gasteiger partial charge in [-0.15, -0.1) is 0 Å². The molecule has 0 radical (unpaired) electrons. The highest BCUT2D eigenvalue weighted by molar-refractivity contribution is 5.98. The zero-order chi connectivity index (χ0) is 16.8. The molecule has 1 fully saturated rings. The Hall–Kier alpha value is -1.68. The maximum Gasteiger partial charge on any atom is 0.220 e. The van der Waals surface area contributed by atoms with Gasteiger partial charge in [0.25, 0.3) is 0 Å². The summed E-state index contributed by atoms with van der Waals surface area (Å²) in [4.78, 5) is 24.2. The second-order valence-corrected chi connectivity index (χ2v) is 7.11. The highest BCUT2D eigenvalue weighted by Crippen LogP contribution is 2.23. The second-order valence-electron chi connectivity index (χ2n) is 7.11. The van der Waals surface area contributed by atoms with Crippen LogP contribution in [0.5, 0.6) is 0 Å². The van der Waals surface area contributed by atoms with Gasteiger partial charge >= 0.3 is 0 Å². The summed E-state index contributed by atoms with van der Waals surface area (Å²) >= 11 is 0. The monoisotopic (exact) mass is 328 g/mol. The van der Waals surface area contributed by atoms with E-state index in [4.69, 9.17) is 0 Å². The average molecular weight is 328 g/mol. The van der Waals surface area contributed by atoms with Crippen LogP contribution in [0.1, 0.15) is 60.0 Å². The fourth-order valence-electron chi connectivity index (χ4n) is 3.74. The molecule has 1 aromatic carbocycles. The summed E-state index contributed by atoms with van der Waals surface area (Å²) < 4.78 is 0. The lowest BCUT2D eigenvalue weighted by Gasteiger charge is -2.16. The molecule has 0 spiro atoms. The SMILES string of the molecule is O=C(CCC(=O)c1ccc2c(c1)CCCC2)NCCC1CCNC1. The van der Waals surface area contributed by atoms with Crippen molar-refractivity contribution in [1.29, 1.82) is 0 Å². The Bertz CT molecular complexity index is 591. The van der Waals surface area contributed by atoms with Crippen molar-refractivity contribution in [3.05, 3.63) is 34.9 Å². The van der Waals surface area contributed by atoms with Gasteiger partial charge in [-0.25, -0.2) is 0 Å². The fraction of sp³-hybridized carbons (Fsp3) is 0.600. The summed E-state index contributed by atoms with van der Waals surface area (Å²) in [5, 5.41) is 6.28. The van der Waals surface area contributed by atoms with Crippen molar-refractivity contribution < 1.29 is 9.59 Å². The molecule has 130 valence electrons. The van der Waals surface area contributed by atoms with E-state index in [1.807, 2.05) is 12.1 Å². The number of fused-ring (bicyclic) bond motifs is 1. The Balaban J connectivity index is 1.40. The molecule has 2 aliphatic rings. The number of ketones is 1. The van der Waals surface area contributed by atoms with Crippen LogP contribution in [0, 0.1) is 5.92 Å². The average Bonchev–Trinajstić information content (AvgIpc) is 3.12. The van der Waals surface area contributed by atoms with Crippen LogP contribution in [0.3, 0.4) is 0 Å². The molecular weight excluding hydrogens is 300 g/mol. The lowest BCUT2D eigenvalue weighted by Crippen LogP contribution is -2.26. The first-order valence-electron chi connectivity index (χ1n) is 9.35. The summed E-state index contributed by atoms with van der Waals surface area (Å²) in [5.74, 6) is 0.758. The molecule has 1 aromatic rings. The standard InChI is InChI=1S/C20H28N2O2/c23-19(18-6-5-16-3-1-2-4-17(16)13-18)7-8-20(24)22-12-10-15-9-11-21-14-15/h5-6,13,15,21H,1-4,7-12,14H2,(H,22,24). The lowest BCUT2D eigenvalue weighted by molar-refractivity contribution is -0.121. The predicted octanol–water partition coefficient (Wildman–Crippen LogP) is 2.64. The van der Waals surface area contributed by atoms with Gasteiger partial charge in [0.15, 0.2) is 5.78 Å². The van der Waals surface area contributed by atoms with Crippen molar-refractivity contribution in [2.75, 3.05) is 19.6 Å². The minimum absolute atomic E-state index is 0.00716. The smallest absolute Gasteiger partial charge is 0.220 e. The Kier molecular flexibility index (Phi) is 6.02. The van der Waals surface area contributed by atoms with Gasteiger partial charge in [-0.2, -0.15) is 0 Å². The number of amides is 1. The van der Waals surface area contributed by atoms with Crippen LogP contribution in [-0.4, -0.2) is 31.3 Å². The van der Waals surface area contributed by atoms with E-state index in [9.17, 15) is 9.59 Å². The zero-order valence-electron chi connectivity index (χ0n) is 14.4. The summed E-state index contributed by atoms with van der Waals surface area (Å²) in [6.07, 6.45) is 7.48. The minimum Gasteiger partial charge on any atom is -0.356 e. The van der Waals surface area contributed by atoms with Crippen LogP contribution in [0.25, 0.3) is 0 Å². The van der Waals surface area contributed by atoms with Gasteiger partial charge < -0.3 is 10.6 Å². The Labute approximate surface area is 144 Å². The first kappa shape index (κ1) is 17.2. The molecule has 1 unspecified atom stereocenters. The van der Waals surface area contributed by atoms with E-state index in [-0.39, 0.29) is 11.7 Å². The number of rotatable bonds is 7. The van der Waals surface area contributed by atoms with Crippen LogP contribution < -0.4 is 10.6 Å². The van der Waals surface area contributed by atoms with Crippen molar-refractivity contribution in [1.82, 2.24) is 10.6 Å². The summed E-state index contributed by atoms with van der Waals surface area (Å²) in [6.45, 7) is 2.87. The van der Waals surface area contributed by atoms with Gasteiger partial charge in [-0.1, -0.05) is 12.1 Å². The van der Waals surface area contributed by atoms with Crippen LogP contribution >= 0.6 is 0 Å². The van der Waals surface area contributed by atoms with Crippen molar-refractivity contribution in [2.45, 2.75) is 51.4 Å². The van der Waals surface area contributed by atoms with E-state index >= 15 is 0 Å². The van der Waals surface area contributed by atoms with E-state index in [0.29, 0.717) is 18.8 Å². The molecule has 4 heteroatoms. The molecule has 0 saturated carbocycles. The van der Waals surface area contributed by atoms with Crippen LogP contribution in [0.4, 0.5) is 0 Å². The molecule has 2 N–H and O–H groups in total. The van der Waals surface area contributed by atoms with Crippen molar-refractivity contribution in [3.63, 3.8) is 0 Å². The fourth-order valence-corrected chi connectivity index (χ4v) is 3.74. The number of benzene rings is 1. The van der Waals surface area contributed by atoms with E-state index in [2.05, 4.69) is 16.7 Å². The maximum atomic E-state index is 12.3. The molecule has 1 saturated heterocycles. The molecule has 1 amide bonds. The second kappa shape index (κ2) is 8.43. The third kappa shape index (κ3) is 4.67. The molecule has 0 aromatic heterocycles. The molecule has 1 heterocycles. The number of carbonyl (C=O) groups excluding carboxylic acids is 2. The topological polar surface area (TPSA) is 58.2 Å². The molecule has 1 aliphatic heterocycles. The van der Waals surface area contributed by atoms with Crippen LogP contribution in [-0.2, 0) is 17.6 Å². The number of Topliss-reactive ketones (excluding diaryl/α,β-unsaturated/α-hetero) is 1. The van der Waals surface area contributed by atoms with Crippen molar-refractivity contribution in [3.8, 4) is 0 Å². The maximum absolute atomic E-state index is 12.3. The van der Waals surface area contributed by atoms with E-state index in [1.165, 1.54) is 30.4 Å². The molecule has 24 heavy (non-hydrogen) atoms. The van der Waals surface area contributed by atoms with Crippen molar-refractivity contribution in [2.24, 2.45) is 5.92 Å². The van der Waals surface area contributed by atoms with Crippen molar-refractivity contribution >= 4 is 11.7 Å². The third-order valence-corrected chi connectivity index (χ3v) is 5.29. The van der Waals surface area contributed by atoms with Gasteiger partial charge in [0.2, 0.25) is 5.91 Å². The molecule has 4 nitrogen and oxygen atoms in total. The number of hydrogen-bond acceptors (Lipinski definition) is 3. The quantitative estimate of drug-likeness (QED) is 0.757. The molecular formula is C20H28N2O2. The van der Waals surface area contributed by atoms with Gasteiger partial charge in [0.1, 0.15) is 0 Å². The zero-order valence-corrected chi connectivity index (χ0v) is 14.4. The lowest BCUT2D eigenvalue weighted by atomic mass is 9.89. The van der Waals surface area contributed by atoms with Gasteiger partial charge in [0, 0.05) is 24.9 Å². The first-order chi connectivity index (χ1) is 11.7. The Morgan fingerprint density at radius 3 is 2.75 bits per heavy atom. The highest BCUT2D eigenvalue weighted by Gasteiger charge is 2.16. The van der Waals surface area contributed by atoms with Crippen LogP contribution in [0.2, 0.25) is 0 Å². The summed E-state index contributed by atoms with van der Waals surface area (Å²) in [6, 6.07) is 6.07. The van der Waals surface area contributed by atoms with E-state index < -0.39 is 0 Å². The Morgan fingerprint density at radius 1 is 1.12 bits per heavy atom. The van der Waals surface area contributed by atoms with Gasteiger partial charge in [-0.3, -0.25) is 9.59 Å². The number of aryl methyl sites for hydroxylation is 2. The van der Waals surface area contributed by atoms with E-state index in [0.717, 1.165) is 44.5 Å². The molecule has 1 atom stereocenters. The number of carbonyl (C=O) groups is 2. The third-order valence-electron chi connectivity index (χ3n) is 5.29. The largest absolute Gasteiger partial charge is 0.356 e. The first-order valence-corrected chi connectivity index (χ1v) is 9.35. The summed E-state index contributed by atoms with van der Waals surface area (Å²) in [5.41, 5.74) is 3.47. The van der Waals surface area contributed by atoms with E-state index in [1.54, 1.807) is 0 Å². The molecule has 0 bridgehead atoms. The molecule has 3 rings (SSSR count). The predicted molar refractivity (Wildman–Crippen MR) is 95.3 cm³/mol. The molecule has 1 aliphatic carbocycles. The number of hydrogen-bond donors (Lipinski definition) is 2. The minimum atomic E-state index is -0.00716. The highest BCUT2D eigenvalue weighted by atomic mass is 16.2. The van der Waals surface area contributed by atoms with Gasteiger partial charge in [-0.05, 0) is 74.7 Å². The number of nitrogens with one attached hydrogen (secondary N) is 2. The van der Waals surface area contributed by atoms with Crippen LogP contribution in [0.15, 0.2) is 18.2 Å². The van der Waals surface area contributed by atoms with Gasteiger partial charge in [0.05, 0.1) is 0 Å². The Morgan fingerprint density at radius 2 is 1.96 bits per heavy atom. The summed E-state index contributed by atoms with van der Waals surface area (Å²) in [7, 11) is 0. The normalized spacial score (nSPS) is 19.8.